The van der Waals surface area contributed by atoms with E-state index in [-0.39, 0.29) is 5.91 Å². The molecule has 0 aliphatic carbocycles. The first kappa shape index (κ1) is 14.7. The molecule has 2 N–H and O–H groups in total. The molecule has 1 saturated heterocycles. The molecule has 1 heterocycles. The SMILES string of the molecule is COc1cccc(OC)c1C(=O)NCC1CCCNC1. The molecule has 20 heavy (non-hydrogen) atoms. The second-order valence-electron chi connectivity index (χ2n) is 4.96. The van der Waals surface area contributed by atoms with Gasteiger partial charge in [-0.1, -0.05) is 6.07 Å². The minimum absolute atomic E-state index is 0.148. The first-order valence-corrected chi connectivity index (χ1v) is 6.96. The minimum Gasteiger partial charge on any atom is -0.496 e. The van der Waals surface area contributed by atoms with E-state index in [1.54, 1.807) is 32.4 Å². The van der Waals surface area contributed by atoms with Crippen LogP contribution in [0.2, 0.25) is 0 Å². The van der Waals surface area contributed by atoms with Crippen LogP contribution in [0.5, 0.6) is 11.5 Å². The lowest BCUT2D eigenvalue weighted by Crippen LogP contribution is -2.38. The van der Waals surface area contributed by atoms with Crippen LogP contribution in [0.25, 0.3) is 0 Å². The summed E-state index contributed by atoms with van der Waals surface area (Å²) in [6.07, 6.45) is 2.31. The average molecular weight is 278 g/mol. The molecule has 1 aromatic rings. The van der Waals surface area contributed by atoms with Crippen molar-refractivity contribution in [3.63, 3.8) is 0 Å². The highest BCUT2D eigenvalue weighted by molar-refractivity contribution is 5.99. The molecule has 1 fully saturated rings. The van der Waals surface area contributed by atoms with Crippen molar-refractivity contribution < 1.29 is 14.3 Å². The molecule has 1 atom stereocenters. The zero-order chi connectivity index (χ0) is 14.4. The number of amides is 1. The Hall–Kier alpha value is -1.75. The van der Waals surface area contributed by atoms with Crippen LogP contribution in [0, 0.1) is 5.92 Å². The highest BCUT2D eigenvalue weighted by Gasteiger charge is 2.20. The molecule has 0 bridgehead atoms. The molecule has 2 rings (SSSR count). The van der Waals surface area contributed by atoms with E-state index in [9.17, 15) is 4.79 Å². The van der Waals surface area contributed by atoms with Crippen LogP contribution in [-0.2, 0) is 0 Å². The first-order chi connectivity index (χ1) is 9.76. The van der Waals surface area contributed by atoms with E-state index >= 15 is 0 Å². The largest absolute Gasteiger partial charge is 0.496 e. The zero-order valence-corrected chi connectivity index (χ0v) is 12.1. The number of benzene rings is 1. The Labute approximate surface area is 119 Å². The van der Waals surface area contributed by atoms with Crippen molar-refractivity contribution in [2.24, 2.45) is 5.92 Å². The van der Waals surface area contributed by atoms with Crippen LogP contribution < -0.4 is 20.1 Å². The number of hydrogen-bond acceptors (Lipinski definition) is 4. The molecule has 0 radical (unpaired) electrons. The molecule has 1 aliphatic heterocycles. The fourth-order valence-corrected chi connectivity index (χ4v) is 2.50. The normalized spacial score (nSPS) is 18.4. The summed E-state index contributed by atoms with van der Waals surface area (Å²) in [6.45, 7) is 2.71. The smallest absolute Gasteiger partial charge is 0.258 e. The molecule has 1 aliphatic rings. The maximum Gasteiger partial charge on any atom is 0.258 e. The van der Waals surface area contributed by atoms with Gasteiger partial charge in [-0.25, -0.2) is 0 Å². The van der Waals surface area contributed by atoms with Crippen LogP contribution in [0.1, 0.15) is 23.2 Å². The summed E-state index contributed by atoms with van der Waals surface area (Å²) < 4.78 is 10.5. The van der Waals surface area contributed by atoms with E-state index in [1.165, 1.54) is 6.42 Å². The minimum atomic E-state index is -0.148. The van der Waals surface area contributed by atoms with Crippen molar-refractivity contribution in [2.45, 2.75) is 12.8 Å². The van der Waals surface area contributed by atoms with Crippen molar-refractivity contribution in [2.75, 3.05) is 33.9 Å². The van der Waals surface area contributed by atoms with Gasteiger partial charge >= 0.3 is 0 Å². The van der Waals surface area contributed by atoms with Crippen molar-refractivity contribution in [1.82, 2.24) is 10.6 Å². The van der Waals surface area contributed by atoms with Crippen LogP contribution in [0.15, 0.2) is 18.2 Å². The molecule has 1 unspecified atom stereocenters. The third-order valence-electron chi connectivity index (χ3n) is 3.61. The fourth-order valence-electron chi connectivity index (χ4n) is 2.50. The molecule has 0 spiro atoms. The predicted molar refractivity (Wildman–Crippen MR) is 77.5 cm³/mol. The van der Waals surface area contributed by atoms with Crippen LogP contribution in [0.4, 0.5) is 0 Å². The maximum atomic E-state index is 12.4. The third-order valence-corrected chi connectivity index (χ3v) is 3.61. The highest BCUT2D eigenvalue weighted by Crippen LogP contribution is 2.28. The lowest BCUT2D eigenvalue weighted by atomic mass is 9.99. The summed E-state index contributed by atoms with van der Waals surface area (Å²) in [5.41, 5.74) is 0.460. The number of rotatable bonds is 5. The van der Waals surface area contributed by atoms with Gasteiger partial charge < -0.3 is 20.1 Å². The number of methoxy groups -OCH3 is 2. The molecule has 110 valence electrons. The Kier molecular flexibility index (Phi) is 5.24. The number of nitrogens with one attached hydrogen (secondary N) is 2. The van der Waals surface area contributed by atoms with E-state index in [2.05, 4.69) is 10.6 Å². The standard InChI is InChI=1S/C15H22N2O3/c1-19-12-6-3-7-13(20-2)14(12)15(18)17-10-11-5-4-8-16-9-11/h3,6-7,11,16H,4-5,8-10H2,1-2H3,(H,17,18). The average Bonchev–Trinajstić information content (AvgIpc) is 2.52. The molecule has 1 amide bonds. The van der Waals surface area contributed by atoms with Crippen LogP contribution in [0.3, 0.4) is 0 Å². The third kappa shape index (κ3) is 3.42. The number of ether oxygens (including phenoxy) is 2. The van der Waals surface area contributed by atoms with Gasteiger partial charge in [0.1, 0.15) is 17.1 Å². The molecular formula is C15H22N2O3. The monoisotopic (exact) mass is 278 g/mol. The predicted octanol–water partition coefficient (Wildman–Crippen LogP) is 1.43. The number of piperidine rings is 1. The van der Waals surface area contributed by atoms with Gasteiger partial charge in [-0.3, -0.25) is 4.79 Å². The zero-order valence-electron chi connectivity index (χ0n) is 12.1. The van der Waals surface area contributed by atoms with Gasteiger partial charge in [-0.2, -0.15) is 0 Å². The van der Waals surface area contributed by atoms with E-state index in [0.717, 1.165) is 19.5 Å². The van der Waals surface area contributed by atoms with Crippen molar-refractivity contribution in [3.8, 4) is 11.5 Å². The van der Waals surface area contributed by atoms with Crippen molar-refractivity contribution in [3.05, 3.63) is 23.8 Å². The Morgan fingerprint density at radius 1 is 1.35 bits per heavy atom. The summed E-state index contributed by atoms with van der Waals surface area (Å²) in [6, 6.07) is 5.33. The van der Waals surface area contributed by atoms with Gasteiger partial charge in [-0.15, -0.1) is 0 Å². The topological polar surface area (TPSA) is 59.6 Å². The Balaban J connectivity index is 2.04. The first-order valence-electron chi connectivity index (χ1n) is 6.96. The summed E-state index contributed by atoms with van der Waals surface area (Å²) in [5.74, 6) is 1.41. The van der Waals surface area contributed by atoms with Gasteiger partial charge in [0.15, 0.2) is 0 Å². The Morgan fingerprint density at radius 2 is 2.05 bits per heavy atom. The number of carbonyl (C=O) groups excluding carboxylic acids is 1. The molecule has 0 aromatic heterocycles. The number of carbonyl (C=O) groups is 1. The highest BCUT2D eigenvalue weighted by atomic mass is 16.5. The molecule has 5 nitrogen and oxygen atoms in total. The van der Waals surface area contributed by atoms with Gasteiger partial charge in [0, 0.05) is 6.54 Å². The van der Waals surface area contributed by atoms with E-state index in [4.69, 9.17) is 9.47 Å². The lowest BCUT2D eigenvalue weighted by Gasteiger charge is -2.23. The summed E-state index contributed by atoms with van der Waals surface area (Å²) in [5, 5.41) is 6.32. The fraction of sp³-hybridized carbons (Fsp3) is 0.533. The summed E-state index contributed by atoms with van der Waals surface area (Å²) in [7, 11) is 3.10. The molecule has 5 heteroatoms. The van der Waals surface area contributed by atoms with E-state index in [0.29, 0.717) is 29.5 Å². The Bertz CT molecular complexity index is 434. The molecule has 1 aromatic carbocycles. The molecule has 0 saturated carbocycles. The summed E-state index contributed by atoms with van der Waals surface area (Å²) in [4.78, 5) is 12.4. The number of hydrogen-bond donors (Lipinski definition) is 2. The summed E-state index contributed by atoms with van der Waals surface area (Å²) >= 11 is 0. The van der Waals surface area contributed by atoms with Crippen LogP contribution in [-0.4, -0.2) is 39.8 Å². The van der Waals surface area contributed by atoms with E-state index < -0.39 is 0 Å². The van der Waals surface area contributed by atoms with Gasteiger partial charge in [0.25, 0.3) is 5.91 Å². The quantitative estimate of drug-likeness (QED) is 0.855. The Morgan fingerprint density at radius 3 is 2.60 bits per heavy atom. The second kappa shape index (κ2) is 7.14. The van der Waals surface area contributed by atoms with Crippen molar-refractivity contribution in [1.29, 1.82) is 0 Å². The lowest BCUT2D eigenvalue weighted by molar-refractivity contribution is 0.0938. The maximum absolute atomic E-state index is 12.4. The van der Waals surface area contributed by atoms with Gasteiger partial charge in [0.2, 0.25) is 0 Å². The van der Waals surface area contributed by atoms with Crippen molar-refractivity contribution >= 4 is 5.91 Å². The second-order valence-corrected chi connectivity index (χ2v) is 4.96. The van der Waals surface area contributed by atoms with Gasteiger partial charge in [-0.05, 0) is 44.0 Å². The molecular weight excluding hydrogens is 256 g/mol. The van der Waals surface area contributed by atoms with Crippen LogP contribution >= 0.6 is 0 Å². The van der Waals surface area contributed by atoms with Gasteiger partial charge in [0.05, 0.1) is 14.2 Å². The van der Waals surface area contributed by atoms with E-state index in [1.807, 2.05) is 0 Å².